The van der Waals surface area contributed by atoms with Gasteiger partial charge in [-0.1, -0.05) is 25.5 Å². The number of likely N-dealkylation sites (tertiary alicyclic amines) is 1. The number of nitrogens with zero attached hydrogens (tertiary/aromatic N) is 3. The number of ether oxygens (including phenoxy) is 1. The van der Waals surface area contributed by atoms with Crippen molar-refractivity contribution < 1.29 is 9.53 Å². The second kappa shape index (κ2) is 12.4. The van der Waals surface area contributed by atoms with Gasteiger partial charge in [0.05, 0.1) is 6.61 Å². The van der Waals surface area contributed by atoms with Gasteiger partial charge in [-0.25, -0.2) is 4.79 Å². The molecular weight excluding hydrogens is 436 g/mol. The number of hydrogen-bond acceptors (Lipinski definition) is 7. The van der Waals surface area contributed by atoms with Crippen molar-refractivity contribution in [3.05, 3.63) is 49.4 Å². The second-order valence-electron chi connectivity index (χ2n) is 8.07. The fourth-order valence-corrected chi connectivity index (χ4v) is 4.86. The molecule has 3 rings (SSSR count). The molecule has 1 aliphatic heterocycles. The quantitative estimate of drug-likeness (QED) is 0.539. The van der Waals surface area contributed by atoms with E-state index in [0.717, 1.165) is 42.8 Å². The van der Waals surface area contributed by atoms with Crippen LogP contribution in [0.1, 0.15) is 45.1 Å². The lowest BCUT2D eigenvalue weighted by Gasteiger charge is -2.14. The van der Waals surface area contributed by atoms with Gasteiger partial charge in [0.25, 0.3) is 5.56 Å². The highest BCUT2D eigenvalue weighted by Gasteiger charge is 2.16. The molecule has 1 saturated heterocycles. The molecule has 1 N–H and O–H groups in total. The summed E-state index contributed by atoms with van der Waals surface area (Å²) in [5, 5.41) is 12.7. The predicted octanol–water partition coefficient (Wildman–Crippen LogP) is 2.44. The summed E-state index contributed by atoms with van der Waals surface area (Å²) in [6.07, 6.45) is 6.95. The Balaban J connectivity index is 1.82. The Labute approximate surface area is 198 Å². The van der Waals surface area contributed by atoms with E-state index in [4.69, 9.17) is 4.74 Å². The molecule has 176 valence electrons. The van der Waals surface area contributed by atoms with Crippen LogP contribution in [-0.4, -0.2) is 41.7 Å². The van der Waals surface area contributed by atoms with Gasteiger partial charge in [0.2, 0.25) is 0 Å². The Bertz CT molecular complexity index is 1150. The smallest absolute Gasteiger partial charge is 0.351 e. The summed E-state index contributed by atoms with van der Waals surface area (Å²) >= 11 is 1.13. The first-order valence-corrected chi connectivity index (χ1v) is 12.5. The molecule has 1 fully saturated rings. The lowest BCUT2D eigenvalue weighted by atomic mass is 10.1. The minimum absolute atomic E-state index is 0.128. The number of nitriles is 1. The molecule has 1 aromatic carbocycles. The molecule has 0 amide bonds. The summed E-state index contributed by atoms with van der Waals surface area (Å²) in [5.41, 5.74) is 1.83. The molecule has 0 atom stereocenters. The maximum atomic E-state index is 13.0. The van der Waals surface area contributed by atoms with Gasteiger partial charge in [-0.2, -0.15) is 5.26 Å². The predicted molar refractivity (Wildman–Crippen MR) is 132 cm³/mol. The number of aromatic nitrogens is 1. The Morgan fingerprint density at radius 3 is 2.58 bits per heavy atom. The van der Waals surface area contributed by atoms with E-state index in [1.54, 1.807) is 13.1 Å². The second-order valence-corrected chi connectivity index (χ2v) is 9.10. The van der Waals surface area contributed by atoms with E-state index in [9.17, 15) is 14.9 Å². The molecule has 0 spiro atoms. The molecule has 1 aliphatic rings. The Morgan fingerprint density at radius 2 is 1.94 bits per heavy atom. The Hall–Kier alpha value is -2.89. The zero-order valence-electron chi connectivity index (χ0n) is 19.4. The highest BCUT2D eigenvalue weighted by Crippen LogP contribution is 2.12. The summed E-state index contributed by atoms with van der Waals surface area (Å²) < 4.78 is 7.32. The third-order valence-electron chi connectivity index (χ3n) is 5.69. The number of anilines is 1. The number of unbranched alkanes of at least 4 members (excludes halogenated alkanes) is 1. The highest BCUT2D eigenvalue weighted by molar-refractivity contribution is 7.07. The molecule has 33 heavy (non-hydrogen) atoms. The van der Waals surface area contributed by atoms with E-state index in [2.05, 4.69) is 22.3 Å². The lowest BCUT2D eigenvalue weighted by molar-refractivity contribution is -0.136. The van der Waals surface area contributed by atoms with Crippen molar-refractivity contribution in [2.75, 3.05) is 31.6 Å². The topological polar surface area (TPSA) is 87.4 Å². The van der Waals surface area contributed by atoms with Crippen molar-refractivity contribution in [2.24, 2.45) is 0 Å². The number of carbonyl (C=O) groups excluding carboxylic acids is 1. The number of benzene rings is 1. The minimum Gasteiger partial charge on any atom is -0.462 e. The van der Waals surface area contributed by atoms with E-state index >= 15 is 0 Å². The third-order valence-corrected chi connectivity index (χ3v) is 6.82. The van der Waals surface area contributed by atoms with Gasteiger partial charge >= 0.3 is 5.97 Å². The average Bonchev–Trinajstić information content (AvgIpc) is 3.45. The molecule has 2 heterocycles. The number of rotatable bonds is 10. The Kier molecular flexibility index (Phi) is 9.28. The molecule has 8 heteroatoms. The number of nitrogens with one attached hydrogen (secondary N) is 1. The number of esters is 1. The third kappa shape index (κ3) is 6.56. The summed E-state index contributed by atoms with van der Waals surface area (Å²) in [6.45, 7) is 7.83. The van der Waals surface area contributed by atoms with Crippen molar-refractivity contribution in [3.8, 4) is 6.07 Å². The first kappa shape index (κ1) is 24.7. The van der Waals surface area contributed by atoms with Crippen LogP contribution in [0, 0.1) is 11.3 Å². The molecule has 0 radical (unpaired) electrons. The van der Waals surface area contributed by atoms with Gasteiger partial charge in [0, 0.05) is 25.0 Å². The van der Waals surface area contributed by atoms with E-state index < -0.39 is 5.97 Å². The molecule has 2 aromatic rings. The fraction of sp³-hybridized carbons (Fsp3) is 0.480. The fourth-order valence-electron chi connectivity index (χ4n) is 3.82. The van der Waals surface area contributed by atoms with Crippen molar-refractivity contribution in [1.82, 2.24) is 9.47 Å². The molecule has 1 aromatic heterocycles. The van der Waals surface area contributed by atoms with Crippen molar-refractivity contribution >= 4 is 34.8 Å². The van der Waals surface area contributed by atoms with Crippen LogP contribution < -0.4 is 20.1 Å². The monoisotopic (exact) mass is 468 g/mol. The maximum Gasteiger partial charge on any atom is 0.351 e. The standard InChI is InChI=1S/C25H32N4O3S/c1-3-5-15-29-23(30)22(33-24(29)21(17-26)25(31)32-4-2)18-27-20-10-8-19(9-11-20)12-16-28-13-6-7-14-28/h8-11,18,27H,3-7,12-16H2,1-2H3. The van der Waals surface area contributed by atoms with Gasteiger partial charge < -0.3 is 15.0 Å². The van der Waals surface area contributed by atoms with E-state index in [1.807, 2.05) is 25.1 Å². The minimum atomic E-state index is -0.699. The van der Waals surface area contributed by atoms with Gasteiger partial charge in [0.15, 0.2) is 5.57 Å². The SMILES string of the molecule is CCCCn1c(=C(C#N)C(=O)OCC)sc(=CNc2ccc(CCN3CCCC3)cc2)c1=O. The summed E-state index contributed by atoms with van der Waals surface area (Å²) in [6, 6.07) is 10.1. The van der Waals surface area contributed by atoms with Gasteiger partial charge in [-0.3, -0.25) is 9.36 Å². The molecule has 0 aliphatic carbocycles. The normalized spacial score (nSPS) is 15.4. The highest BCUT2D eigenvalue weighted by atomic mass is 32.1. The first-order chi connectivity index (χ1) is 16.1. The van der Waals surface area contributed by atoms with Gasteiger partial charge in [-0.05, 0) is 63.4 Å². The van der Waals surface area contributed by atoms with Crippen molar-refractivity contribution in [3.63, 3.8) is 0 Å². The van der Waals surface area contributed by atoms with E-state index in [0.29, 0.717) is 15.7 Å². The van der Waals surface area contributed by atoms with Crippen LogP contribution in [0.2, 0.25) is 0 Å². The maximum absolute atomic E-state index is 13.0. The zero-order chi connectivity index (χ0) is 23.6. The lowest BCUT2D eigenvalue weighted by Crippen LogP contribution is -2.33. The largest absolute Gasteiger partial charge is 0.462 e. The number of hydrogen-bond donors (Lipinski definition) is 1. The first-order valence-electron chi connectivity index (χ1n) is 11.7. The molecule has 0 bridgehead atoms. The van der Waals surface area contributed by atoms with Crippen molar-refractivity contribution in [1.29, 1.82) is 5.26 Å². The molecule has 0 saturated carbocycles. The van der Waals surface area contributed by atoms with Crippen LogP contribution in [0.4, 0.5) is 5.69 Å². The summed E-state index contributed by atoms with van der Waals surface area (Å²) in [4.78, 5) is 27.8. The molecule has 0 unspecified atom stereocenters. The molecule has 7 nitrogen and oxygen atoms in total. The van der Waals surface area contributed by atoms with Crippen LogP contribution in [0.5, 0.6) is 0 Å². The summed E-state index contributed by atoms with van der Waals surface area (Å²) in [7, 11) is 0. The van der Waals surface area contributed by atoms with Gasteiger partial charge in [-0.15, -0.1) is 11.3 Å². The van der Waals surface area contributed by atoms with Crippen LogP contribution in [0.25, 0.3) is 11.8 Å². The number of thiazole rings is 1. The average molecular weight is 469 g/mol. The van der Waals surface area contributed by atoms with Crippen LogP contribution in [-0.2, 0) is 22.5 Å². The van der Waals surface area contributed by atoms with Gasteiger partial charge in [0.1, 0.15) is 15.3 Å². The zero-order valence-corrected chi connectivity index (χ0v) is 20.2. The van der Waals surface area contributed by atoms with Crippen LogP contribution in [0.3, 0.4) is 0 Å². The van der Waals surface area contributed by atoms with Crippen LogP contribution in [0.15, 0.2) is 29.1 Å². The van der Waals surface area contributed by atoms with Crippen molar-refractivity contribution in [2.45, 2.75) is 52.5 Å². The molecular formula is C25H32N4O3S. The Morgan fingerprint density at radius 1 is 1.21 bits per heavy atom. The van der Waals surface area contributed by atoms with Crippen LogP contribution >= 0.6 is 11.3 Å². The van der Waals surface area contributed by atoms with E-state index in [-0.39, 0.29) is 17.7 Å². The summed E-state index contributed by atoms with van der Waals surface area (Å²) in [5.74, 6) is -0.699. The number of carbonyl (C=O) groups is 1. The van der Waals surface area contributed by atoms with E-state index in [1.165, 1.54) is 36.1 Å².